The smallest absolute Gasteiger partial charge is 0.308 e. The summed E-state index contributed by atoms with van der Waals surface area (Å²) in [7, 11) is 0. The second-order valence-corrected chi connectivity index (χ2v) is 13.5. The van der Waals surface area contributed by atoms with Crippen molar-refractivity contribution in [3.8, 4) is 0 Å². The van der Waals surface area contributed by atoms with E-state index in [0.29, 0.717) is 18.3 Å². The molecule has 5 aliphatic rings. The van der Waals surface area contributed by atoms with Gasteiger partial charge < -0.3 is 20.1 Å². The normalized spacial score (nSPS) is 36.1. The summed E-state index contributed by atoms with van der Waals surface area (Å²) in [5.41, 5.74) is 0.588. The first-order chi connectivity index (χ1) is 19.4. The molecule has 7 heteroatoms. The van der Waals surface area contributed by atoms with Crippen molar-refractivity contribution in [2.75, 3.05) is 6.61 Å². The van der Waals surface area contributed by atoms with Crippen molar-refractivity contribution in [1.29, 1.82) is 0 Å². The minimum absolute atomic E-state index is 0.00888. The van der Waals surface area contributed by atoms with E-state index in [1.54, 1.807) is 26.0 Å². The summed E-state index contributed by atoms with van der Waals surface area (Å²) in [4.78, 5) is 36.7. The summed E-state index contributed by atoms with van der Waals surface area (Å²) in [6.07, 6.45) is 13.6. The van der Waals surface area contributed by atoms with E-state index in [4.69, 9.17) is 14.9 Å². The molecule has 7 nitrogen and oxygen atoms in total. The average molecular weight is 575 g/mol. The molecule has 0 aromatic carbocycles. The standard InChI is InChI=1S/C25H34O5.C7H14O2.C2H6/c1-14(2)23(29)30-13-21(28)19-8-7-18-17-6-5-15-11-16(26)9-10-24(15,3)22(17)20(27)12-25(18,19)4;8-7(9)6-4-2-1-3-5-6;1-2/h9-11,14,17-20,22,27H,5-8,12-13H2,1-4H3;6-9H,1-5H2;1-2H3. The summed E-state index contributed by atoms with van der Waals surface area (Å²) in [5, 5.41) is 28.8. The lowest BCUT2D eigenvalue weighted by atomic mass is 9.46. The Morgan fingerprint density at radius 2 is 1.68 bits per heavy atom. The van der Waals surface area contributed by atoms with Crippen LogP contribution in [0.5, 0.6) is 0 Å². The molecular formula is C34H54O7. The van der Waals surface area contributed by atoms with Gasteiger partial charge in [-0.2, -0.15) is 0 Å². The third kappa shape index (κ3) is 7.05. The van der Waals surface area contributed by atoms with Crippen LogP contribution in [-0.2, 0) is 19.1 Å². The zero-order chi connectivity index (χ0) is 30.5. The van der Waals surface area contributed by atoms with Gasteiger partial charge in [0.2, 0.25) is 0 Å². The second kappa shape index (κ2) is 14.1. The molecule has 0 heterocycles. The Hall–Kier alpha value is -1.83. The lowest BCUT2D eigenvalue weighted by Crippen LogP contribution is -2.56. The van der Waals surface area contributed by atoms with Crippen molar-refractivity contribution in [2.24, 2.45) is 46.3 Å². The fourth-order valence-electron chi connectivity index (χ4n) is 8.70. The quantitative estimate of drug-likeness (QED) is 0.291. The van der Waals surface area contributed by atoms with Crippen molar-refractivity contribution in [3.05, 3.63) is 23.8 Å². The molecule has 0 saturated heterocycles. The highest BCUT2D eigenvalue weighted by molar-refractivity contribution is 6.01. The monoisotopic (exact) mass is 574 g/mol. The first-order valence-corrected chi connectivity index (χ1v) is 16.1. The van der Waals surface area contributed by atoms with E-state index >= 15 is 0 Å². The van der Waals surface area contributed by atoms with Gasteiger partial charge in [-0.1, -0.05) is 72.5 Å². The van der Waals surface area contributed by atoms with Crippen molar-refractivity contribution in [3.63, 3.8) is 0 Å². The summed E-state index contributed by atoms with van der Waals surface area (Å²) in [6, 6.07) is 0. The van der Waals surface area contributed by atoms with Crippen molar-refractivity contribution < 1.29 is 34.4 Å². The lowest BCUT2D eigenvalue weighted by Gasteiger charge is -2.58. The molecule has 7 unspecified atom stereocenters. The number of hydrogen-bond acceptors (Lipinski definition) is 7. The van der Waals surface area contributed by atoms with E-state index in [-0.39, 0.29) is 58.6 Å². The number of ketones is 2. The number of hydrogen-bond donors (Lipinski definition) is 3. The number of Topliss-reactive ketones (excluding diaryl/α,β-unsaturated/α-hetero) is 1. The molecule has 232 valence electrons. The predicted molar refractivity (Wildman–Crippen MR) is 158 cm³/mol. The fraction of sp³-hybridized carbons (Fsp3) is 0.794. The molecule has 7 atom stereocenters. The Morgan fingerprint density at radius 1 is 1.02 bits per heavy atom. The van der Waals surface area contributed by atoms with Gasteiger partial charge in [0, 0.05) is 23.2 Å². The van der Waals surface area contributed by atoms with Gasteiger partial charge in [0.15, 0.2) is 17.9 Å². The molecule has 0 bridgehead atoms. The summed E-state index contributed by atoms with van der Waals surface area (Å²) >= 11 is 0. The summed E-state index contributed by atoms with van der Waals surface area (Å²) in [6.45, 7) is 11.7. The maximum atomic E-state index is 13.0. The average Bonchev–Trinajstić information content (AvgIpc) is 3.30. The van der Waals surface area contributed by atoms with E-state index in [0.717, 1.165) is 44.1 Å². The van der Waals surface area contributed by atoms with Crippen LogP contribution in [-0.4, -0.2) is 51.9 Å². The zero-order valence-corrected chi connectivity index (χ0v) is 26.1. The number of carbonyl (C=O) groups is 3. The van der Waals surface area contributed by atoms with Crippen molar-refractivity contribution in [1.82, 2.24) is 0 Å². The van der Waals surface area contributed by atoms with E-state index in [9.17, 15) is 19.5 Å². The van der Waals surface area contributed by atoms with Crippen LogP contribution in [0.4, 0.5) is 0 Å². The second-order valence-electron chi connectivity index (χ2n) is 13.5. The molecular weight excluding hydrogens is 520 g/mol. The van der Waals surface area contributed by atoms with Crippen LogP contribution in [0.2, 0.25) is 0 Å². The third-order valence-corrected chi connectivity index (χ3v) is 10.8. The van der Waals surface area contributed by atoms with Crippen molar-refractivity contribution in [2.45, 2.75) is 118 Å². The predicted octanol–water partition coefficient (Wildman–Crippen LogP) is 5.55. The van der Waals surface area contributed by atoms with Gasteiger partial charge in [-0.15, -0.1) is 0 Å². The molecule has 0 radical (unpaired) electrons. The van der Waals surface area contributed by atoms with Crippen LogP contribution in [0.25, 0.3) is 0 Å². The lowest BCUT2D eigenvalue weighted by molar-refractivity contribution is -0.155. The van der Waals surface area contributed by atoms with Crippen molar-refractivity contribution >= 4 is 17.5 Å². The maximum Gasteiger partial charge on any atom is 0.308 e. The maximum absolute atomic E-state index is 13.0. The van der Waals surface area contributed by atoms with E-state index in [2.05, 4.69) is 13.8 Å². The van der Waals surface area contributed by atoms with E-state index in [1.807, 2.05) is 19.9 Å². The molecule has 5 aliphatic carbocycles. The highest BCUT2D eigenvalue weighted by atomic mass is 16.5. The largest absolute Gasteiger partial charge is 0.457 e. The van der Waals surface area contributed by atoms with Gasteiger partial charge >= 0.3 is 5.97 Å². The number of fused-ring (bicyclic) bond motifs is 5. The van der Waals surface area contributed by atoms with Crippen LogP contribution in [0.1, 0.15) is 106 Å². The van der Waals surface area contributed by atoms with Crippen LogP contribution in [0, 0.1) is 46.3 Å². The number of allylic oxidation sites excluding steroid dienone is 4. The number of ether oxygens (including phenoxy) is 1. The number of aliphatic hydroxyl groups is 3. The Balaban J connectivity index is 0.000000355. The number of aliphatic hydroxyl groups excluding tert-OH is 2. The van der Waals surface area contributed by atoms with Gasteiger partial charge in [-0.05, 0) is 74.3 Å². The van der Waals surface area contributed by atoms with Crippen LogP contribution in [0.3, 0.4) is 0 Å². The number of carbonyl (C=O) groups excluding carboxylic acids is 3. The Bertz CT molecular complexity index is 991. The third-order valence-electron chi connectivity index (χ3n) is 10.8. The first-order valence-electron chi connectivity index (χ1n) is 16.1. The zero-order valence-electron chi connectivity index (χ0n) is 26.1. The molecule has 0 spiro atoms. The topological polar surface area (TPSA) is 121 Å². The Kier molecular flexibility index (Phi) is 11.6. The number of esters is 1. The summed E-state index contributed by atoms with van der Waals surface area (Å²) in [5.74, 6) is 0.203. The molecule has 4 fully saturated rings. The SMILES string of the molecule is CC.CC(C)C(=O)OCC(=O)C1CCC2C3CCC4=CC(=O)C=CC4(C)C3C(O)CC12C.OC(O)C1CCCCC1. The highest BCUT2D eigenvalue weighted by Gasteiger charge is 2.62. The number of rotatable bonds is 5. The van der Waals surface area contributed by atoms with Gasteiger partial charge in [0.1, 0.15) is 6.61 Å². The van der Waals surface area contributed by atoms with E-state index < -0.39 is 12.4 Å². The Labute approximate surface area is 246 Å². The fourth-order valence-corrected chi connectivity index (χ4v) is 8.70. The minimum Gasteiger partial charge on any atom is -0.457 e. The van der Waals surface area contributed by atoms with Gasteiger partial charge in [-0.25, -0.2) is 0 Å². The molecule has 0 aliphatic heterocycles. The van der Waals surface area contributed by atoms with Crippen LogP contribution < -0.4 is 0 Å². The Morgan fingerprint density at radius 3 is 2.27 bits per heavy atom. The minimum atomic E-state index is -1.06. The molecule has 41 heavy (non-hydrogen) atoms. The molecule has 4 saturated carbocycles. The van der Waals surface area contributed by atoms with Gasteiger partial charge in [-0.3, -0.25) is 14.4 Å². The first kappa shape index (κ1) is 33.7. The molecule has 0 aromatic rings. The molecule has 3 N–H and O–H groups in total. The highest BCUT2D eigenvalue weighted by Crippen LogP contribution is 2.66. The summed E-state index contributed by atoms with van der Waals surface area (Å²) < 4.78 is 5.23. The van der Waals surface area contributed by atoms with Crippen LogP contribution in [0.15, 0.2) is 23.8 Å². The van der Waals surface area contributed by atoms with E-state index in [1.165, 1.54) is 19.3 Å². The molecule has 0 amide bonds. The molecule has 0 aromatic heterocycles. The van der Waals surface area contributed by atoms with Gasteiger partial charge in [0.25, 0.3) is 0 Å². The van der Waals surface area contributed by atoms with Crippen LogP contribution >= 0.6 is 0 Å². The van der Waals surface area contributed by atoms with Gasteiger partial charge in [0.05, 0.1) is 12.0 Å². The molecule has 5 rings (SSSR count).